The first-order valence-electron chi connectivity index (χ1n) is 8.38. The SMILES string of the molecule is CN(Cc1nc(-c2ccccc2Cl)no1)S(=O)(=O)c1ccc2c(c1)OCCO2. The molecule has 0 spiro atoms. The van der Waals surface area contributed by atoms with Crippen molar-refractivity contribution in [2.75, 3.05) is 20.3 Å². The van der Waals surface area contributed by atoms with Crippen molar-refractivity contribution in [1.29, 1.82) is 0 Å². The molecule has 1 aromatic heterocycles. The topological polar surface area (TPSA) is 94.8 Å². The number of rotatable bonds is 5. The van der Waals surface area contributed by atoms with Crippen molar-refractivity contribution < 1.29 is 22.4 Å². The van der Waals surface area contributed by atoms with Gasteiger partial charge in [-0.15, -0.1) is 0 Å². The van der Waals surface area contributed by atoms with Crippen LogP contribution in [0.4, 0.5) is 0 Å². The van der Waals surface area contributed by atoms with E-state index in [2.05, 4.69) is 10.1 Å². The number of halogens is 1. The molecular formula is C18H16ClN3O5S. The highest BCUT2D eigenvalue weighted by Crippen LogP contribution is 2.33. The van der Waals surface area contributed by atoms with E-state index in [1.165, 1.54) is 19.2 Å². The van der Waals surface area contributed by atoms with Crippen molar-refractivity contribution in [1.82, 2.24) is 14.4 Å². The highest BCUT2D eigenvalue weighted by Gasteiger charge is 2.25. The molecule has 0 N–H and O–H groups in total. The first-order valence-corrected chi connectivity index (χ1v) is 10.2. The second-order valence-corrected chi connectivity index (χ2v) is 8.51. The van der Waals surface area contributed by atoms with Gasteiger partial charge in [-0.05, 0) is 24.3 Å². The van der Waals surface area contributed by atoms with Crippen molar-refractivity contribution in [3.8, 4) is 22.9 Å². The Bertz CT molecular complexity index is 1120. The molecule has 2 heterocycles. The van der Waals surface area contributed by atoms with Crippen LogP contribution in [0.25, 0.3) is 11.4 Å². The number of aromatic nitrogens is 2. The van der Waals surface area contributed by atoms with Gasteiger partial charge in [0.15, 0.2) is 11.5 Å². The predicted octanol–water partition coefficient (Wildman–Crippen LogP) is 2.98. The van der Waals surface area contributed by atoms with Gasteiger partial charge in [0.25, 0.3) is 0 Å². The van der Waals surface area contributed by atoms with Crippen LogP contribution in [-0.2, 0) is 16.6 Å². The van der Waals surface area contributed by atoms with E-state index in [0.29, 0.717) is 41.1 Å². The van der Waals surface area contributed by atoms with Gasteiger partial charge in [-0.3, -0.25) is 0 Å². The zero-order valence-electron chi connectivity index (χ0n) is 14.8. The molecule has 4 rings (SSSR count). The summed E-state index contributed by atoms with van der Waals surface area (Å²) in [5.74, 6) is 1.37. The average Bonchev–Trinajstić information content (AvgIpc) is 3.16. The fourth-order valence-electron chi connectivity index (χ4n) is 2.71. The van der Waals surface area contributed by atoms with Crippen molar-refractivity contribution >= 4 is 21.6 Å². The standard InChI is InChI=1S/C18H16ClN3O5S/c1-22(11-17-20-18(21-27-17)13-4-2-3-5-14(13)19)28(23,24)12-6-7-15-16(10-12)26-9-8-25-15/h2-7,10H,8-9,11H2,1H3. The molecule has 0 saturated heterocycles. The summed E-state index contributed by atoms with van der Waals surface area (Å²) in [6.07, 6.45) is 0. The van der Waals surface area contributed by atoms with Gasteiger partial charge in [0, 0.05) is 18.7 Å². The molecule has 1 aliphatic rings. The third-order valence-electron chi connectivity index (χ3n) is 4.16. The molecule has 0 unspecified atom stereocenters. The van der Waals surface area contributed by atoms with Crippen LogP contribution in [0.2, 0.25) is 5.02 Å². The Kier molecular flexibility index (Phi) is 4.96. The van der Waals surface area contributed by atoms with Gasteiger partial charge in [0.2, 0.25) is 21.7 Å². The van der Waals surface area contributed by atoms with Crippen LogP contribution >= 0.6 is 11.6 Å². The monoisotopic (exact) mass is 421 g/mol. The fourth-order valence-corrected chi connectivity index (χ4v) is 4.07. The number of benzene rings is 2. The summed E-state index contributed by atoms with van der Waals surface area (Å²) in [5.41, 5.74) is 0.608. The number of fused-ring (bicyclic) bond motifs is 1. The summed E-state index contributed by atoms with van der Waals surface area (Å²) in [7, 11) is -2.35. The molecule has 0 saturated carbocycles. The number of sulfonamides is 1. The van der Waals surface area contributed by atoms with E-state index in [9.17, 15) is 8.42 Å². The summed E-state index contributed by atoms with van der Waals surface area (Å²) in [6, 6.07) is 11.6. The van der Waals surface area contributed by atoms with Crippen LogP contribution < -0.4 is 9.47 Å². The molecule has 2 aromatic carbocycles. The molecule has 8 nitrogen and oxygen atoms in total. The van der Waals surface area contributed by atoms with Crippen molar-refractivity contribution in [3.63, 3.8) is 0 Å². The minimum absolute atomic E-state index is 0.0880. The lowest BCUT2D eigenvalue weighted by molar-refractivity contribution is 0.171. The Balaban J connectivity index is 1.55. The molecule has 0 atom stereocenters. The van der Waals surface area contributed by atoms with Gasteiger partial charge >= 0.3 is 0 Å². The van der Waals surface area contributed by atoms with E-state index in [1.807, 2.05) is 0 Å². The lowest BCUT2D eigenvalue weighted by atomic mass is 10.2. The Labute approximate surface area is 166 Å². The number of hydrogen-bond donors (Lipinski definition) is 0. The van der Waals surface area contributed by atoms with Crippen LogP contribution in [-0.4, -0.2) is 43.1 Å². The third kappa shape index (κ3) is 3.56. The molecule has 146 valence electrons. The molecule has 0 radical (unpaired) electrons. The van der Waals surface area contributed by atoms with Crippen LogP contribution in [0.5, 0.6) is 11.5 Å². The molecular weight excluding hydrogens is 406 g/mol. The van der Waals surface area contributed by atoms with Gasteiger partial charge in [0.1, 0.15) is 13.2 Å². The van der Waals surface area contributed by atoms with Gasteiger partial charge in [0.05, 0.1) is 16.5 Å². The summed E-state index contributed by atoms with van der Waals surface area (Å²) in [5, 5.41) is 4.36. The molecule has 28 heavy (non-hydrogen) atoms. The van der Waals surface area contributed by atoms with Crippen molar-refractivity contribution in [2.45, 2.75) is 11.4 Å². The van der Waals surface area contributed by atoms with Gasteiger partial charge in [-0.1, -0.05) is 28.9 Å². The maximum Gasteiger partial charge on any atom is 0.243 e. The van der Waals surface area contributed by atoms with Crippen molar-refractivity contribution in [2.24, 2.45) is 0 Å². The smallest absolute Gasteiger partial charge is 0.243 e. The molecule has 0 fully saturated rings. The average molecular weight is 422 g/mol. The fraction of sp³-hybridized carbons (Fsp3) is 0.222. The number of ether oxygens (including phenoxy) is 2. The van der Waals surface area contributed by atoms with Gasteiger partial charge in [-0.25, -0.2) is 8.42 Å². The summed E-state index contributed by atoms with van der Waals surface area (Å²) in [4.78, 5) is 4.33. The van der Waals surface area contributed by atoms with E-state index in [4.69, 9.17) is 25.6 Å². The number of hydrogen-bond acceptors (Lipinski definition) is 7. The van der Waals surface area contributed by atoms with E-state index < -0.39 is 10.0 Å². The predicted molar refractivity (Wildman–Crippen MR) is 101 cm³/mol. The molecule has 0 amide bonds. The van der Waals surface area contributed by atoms with Crippen molar-refractivity contribution in [3.05, 3.63) is 53.4 Å². The lowest BCUT2D eigenvalue weighted by Crippen LogP contribution is -2.27. The maximum atomic E-state index is 12.9. The quantitative estimate of drug-likeness (QED) is 0.624. The van der Waals surface area contributed by atoms with Gasteiger partial charge < -0.3 is 14.0 Å². The van der Waals surface area contributed by atoms with Crippen LogP contribution in [0.1, 0.15) is 5.89 Å². The van der Waals surface area contributed by atoms with Gasteiger partial charge in [-0.2, -0.15) is 9.29 Å². The Morgan fingerprint density at radius 1 is 1.11 bits per heavy atom. The largest absolute Gasteiger partial charge is 0.486 e. The Hall–Kier alpha value is -2.62. The first-order chi connectivity index (χ1) is 13.4. The molecule has 0 bridgehead atoms. The second kappa shape index (κ2) is 7.42. The van der Waals surface area contributed by atoms with Crippen LogP contribution in [0.3, 0.4) is 0 Å². The van der Waals surface area contributed by atoms with Crippen LogP contribution in [0.15, 0.2) is 51.9 Å². The number of nitrogens with zero attached hydrogens (tertiary/aromatic N) is 3. The van der Waals surface area contributed by atoms with Crippen LogP contribution in [0, 0.1) is 0 Å². The Morgan fingerprint density at radius 3 is 2.64 bits per heavy atom. The minimum Gasteiger partial charge on any atom is -0.486 e. The molecule has 1 aliphatic heterocycles. The molecule has 3 aromatic rings. The van der Waals surface area contributed by atoms with E-state index in [1.54, 1.807) is 30.3 Å². The maximum absolute atomic E-state index is 12.9. The summed E-state index contributed by atoms with van der Waals surface area (Å²) >= 11 is 6.13. The lowest BCUT2D eigenvalue weighted by Gasteiger charge is -2.20. The highest BCUT2D eigenvalue weighted by atomic mass is 35.5. The highest BCUT2D eigenvalue weighted by molar-refractivity contribution is 7.89. The van der Waals surface area contributed by atoms with E-state index in [0.717, 1.165) is 4.31 Å². The zero-order valence-corrected chi connectivity index (χ0v) is 16.4. The normalized spacial score (nSPS) is 13.7. The molecule has 0 aliphatic carbocycles. The third-order valence-corrected chi connectivity index (χ3v) is 6.29. The zero-order chi connectivity index (χ0) is 19.7. The van der Waals surface area contributed by atoms with E-state index >= 15 is 0 Å². The molecule has 10 heteroatoms. The summed E-state index contributed by atoms with van der Waals surface area (Å²) in [6.45, 7) is 0.720. The minimum atomic E-state index is -3.79. The summed E-state index contributed by atoms with van der Waals surface area (Å²) < 4.78 is 43.0. The first kappa shape index (κ1) is 18.7. The van der Waals surface area contributed by atoms with E-state index in [-0.39, 0.29) is 17.3 Å². The Morgan fingerprint density at radius 2 is 1.86 bits per heavy atom. The second-order valence-electron chi connectivity index (χ2n) is 6.06.